The van der Waals surface area contributed by atoms with Gasteiger partial charge in [-0.3, -0.25) is 19.2 Å². The molecular weight excluding hydrogens is 466 g/mol. The molecule has 0 fully saturated rings. The van der Waals surface area contributed by atoms with Crippen LogP contribution in [-0.2, 0) is 23.9 Å². The van der Waals surface area contributed by atoms with Crippen LogP contribution in [0.1, 0.15) is 92.6 Å². The molecule has 1 rings (SSSR count). The van der Waals surface area contributed by atoms with Crippen molar-refractivity contribution in [2.45, 2.75) is 99.1 Å². The maximum absolute atomic E-state index is 12.6. The molecule has 0 amide bonds. The number of aliphatic carboxylic acids is 1. The van der Waals surface area contributed by atoms with E-state index >= 15 is 0 Å². The van der Waals surface area contributed by atoms with Gasteiger partial charge in [0.15, 0.2) is 11.5 Å². The fourth-order valence-electron chi connectivity index (χ4n) is 3.48. The van der Waals surface area contributed by atoms with Gasteiger partial charge < -0.3 is 25.1 Å². The molecule has 0 aliphatic heterocycles. The number of benzene rings is 1. The third-order valence-electron chi connectivity index (χ3n) is 5.12. The number of carboxylic acids is 1. The lowest BCUT2D eigenvalue weighted by Crippen LogP contribution is -2.38. The average Bonchev–Trinajstić information content (AvgIpc) is 2.69. The average molecular weight is 508 g/mol. The van der Waals surface area contributed by atoms with Crippen molar-refractivity contribution in [3.63, 3.8) is 0 Å². The maximum atomic E-state index is 12.6. The molecule has 0 spiro atoms. The second kappa shape index (κ2) is 12.9. The molecule has 1 aromatic carbocycles. The van der Waals surface area contributed by atoms with E-state index in [9.17, 15) is 24.3 Å². The van der Waals surface area contributed by atoms with E-state index in [1.807, 2.05) is 41.5 Å². The van der Waals surface area contributed by atoms with Gasteiger partial charge in [-0.15, -0.1) is 0 Å². The van der Waals surface area contributed by atoms with E-state index in [1.54, 1.807) is 19.9 Å². The molecule has 9 nitrogen and oxygen atoms in total. The minimum absolute atomic E-state index is 0.00944. The Balaban J connectivity index is 3.41. The van der Waals surface area contributed by atoms with Crippen LogP contribution in [-0.4, -0.2) is 41.1 Å². The Morgan fingerprint density at radius 2 is 1.39 bits per heavy atom. The van der Waals surface area contributed by atoms with Crippen LogP contribution in [0.15, 0.2) is 18.2 Å². The lowest BCUT2D eigenvalue weighted by molar-refractivity contribution is -0.148. The van der Waals surface area contributed by atoms with Gasteiger partial charge in [-0.25, -0.2) is 0 Å². The highest BCUT2D eigenvalue weighted by molar-refractivity contribution is 5.78. The number of carbonyl (C=O) groups excluding carboxylic acids is 3. The second-order valence-corrected chi connectivity index (χ2v) is 11.5. The minimum atomic E-state index is -1.32. The lowest BCUT2D eigenvalue weighted by atomic mass is 9.87. The van der Waals surface area contributed by atoms with Gasteiger partial charge in [-0.05, 0) is 41.9 Å². The predicted octanol–water partition coefficient (Wildman–Crippen LogP) is 4.60. The molecule has 3 N–H and O–H groups in total. The summed E-state index contributed by atoms with van der Waals surface area (Å²) < 4.78 is 16.4. The molecule has 0 radical (unpaired) electrons. The Hall–Kier alpha value is -2.94. The number of rotatable bonds is 11. The fourth-order valence-corrected chi connectivity index (χ4v) is 3.48. The molecule has 0 aliphatic rings. The Labute approximate surface area is 213 Å². The zero-order valence-electron chi connectivity index (χ0n) is 22.7. The molecule has 0 aliphatic carbocycles. The first-order valence-corrected chi connectivity index (χ1v) is 12.1. The van der Waals surface area contributed by atoms with Crippen LogP contribution >= 0.6 is 0 Å². The third kappa shape index (κ3) is 11.2. The zero-order chi connectivity index (χ0) is 27.8. The van der Waals surface area contributed by atoms with Crippen LogP contribution in [0.25, 0.3) is 0 Å². The summed E-state index contributed by atoms with van der Waals surface area (Å²) in [4.78, 5) is 48.5. The van der Waals surface area contributed by atoms with E-state index in [0.29, 0.717) is 5.56 Å². The number of ether oxygens (including phenoxy) is 3. The van der Waals surface area contributed by atoms with Gasteiger partial charge in [0.05, 0.1) is 18.9 Å². The molecule has 0 aromatic heterocycles. The normalized spacial score (nSPS) is 14.4. The molecule has 2 unspecified atom stereocenters. The molecule has 9 heteroatoms. The third-order valence-corrected chi connectivity index (χ3v) is 5.12. The monoisotopic (exact) mass is 507 g/mol. The van der Waals surface area contributed by atoms with Crippen molar-refractivity contribution in [1.29, 1.82) is 0 Å². The van der Waals surface area contributed by atoms with Crippen LogP contribution in [0.3, 0.4) is 0 Å². The van der Waals surface area contributed by atoms with Crippen LogP contribution in [0.4, 0.5) is 0 Å². The first-order valence-electron chi connectivity index (χ1n) is 12.1. The smallest absolute Gasteiger partial charge is 0.321 e. The summed E-state index contributed by atoms with van der Waals surface area (Å²) in [6, 6.07) is 3.17. The summed E-state index contributed by atoms with van der Waals surface area (Å²) in [5.74, 6) is -3.42. The largest absolute Gasteiger partial charge is 0.480 e. The quantitative estimate of drug-likeness (QED) is 0.324. The molecule has 0 heterocycles. The van der Waals surface area contributed by atoms with Gasteiger partial charge in [0.25, 0.3) is 0 Å². The highest BCUT2D eigenvalue weighted by Gasteiger charge is 2.30. The number of nitrogens with two attached hydrogens (primary N) is 1. The summed E-state index contributed by atoms with van der Waals surface area (Å²) in [5, 5.41) is 9.59. The zero-order valence-corrected chi connectivity index (χ0v) is 22.7. The molecule has 3 atom stereocenters. The van der Waals surface area contributed by atoms with E-state index < -0.39 is 41.9 Å². The Kier molecular flexibility index (Phi) is 11.1. The molecule has 1 aromatic rings. The van der Waals surface area contributed by atoms with Gasteiger partial charge >= 0.3 is 23.9 Å². The SMILES string of the molecule is CCC(=O)OC(C)CC(c1ccc(OC(=O)CC(C)(C)C)c(OC(=O)CC(C)(C)C)c1)[C@H](N)C(=O)O. The fraction of sp³-hybridized carbons (Fsp3) is 0.630. The van der Waals surface area contributed by atoms with Crippen molar-refractivity contribution in [3.8, 4) is 11.5 Å². The van der Waals surface area contributed by atoms with Gasteiger partial charge in [0.2, 0.25) is 0 Å². The number of hydrogen-bond donors (Lipinski definition) is 2. The van der Waals surface area contributed by atoms with Crippen molar-refractivity contribution >= 4 is 23.9 Å². The first kappa shape index (κ1) is 31.1. The van der Waals surface area contributed by atoms with E-state index in [0.717, 1.165) is 0 Å². The Morgan fingerprint density at radius 1 is 0.889 bits per heavy atom. The molecule has 202 valence electrons. The number of esters is 3. The second-order valence-electron chi connectivity index (χ2n) is 11.5. The van der Waals surface area contributed by atoms with E-state index in [1.165, 1.54) is 12.1 Å². The van der Waals surface area contributed by atoms with Gasteiger partial charge in [0, 0.05) is 12.3 Å². The summed E-state index contributed by atoms with van der Waals surface area (Å²) >= 11 is 0. The number of carbonyl (C=O) groups is 4. The van der Waals surface area contributed by atoms with Gasteiger partial charge in [-0.1, -0.05) is 54.5 Å². The topological polar surface area (TPSA) is 142 Å². The standard InChI is InChI=1S/C27H41NO8/c1-9-21(29)34-16(2)12-18(24(28)25(32)33)17-10-11-19(35-22(30)14-26(3,4)5)20(13-17)36-23(31)15-27(6,7)8/h10-11,13,16,18,24H,9,12,14-15,28H2,1-8H3,(H,32,33)/t16?,18?,24-/m0/s1. The summed E-state index contributed by atoms with van der Waals surface area (Å²) in [5.41, 5.74) is 5.78. The van der Waals surface area contributed by atoms with E-state index in [4.69, 9.17) is 19.9 Å². The van der Waals surface area contributed by atoms with Crippen molar-refractivity contribution in [3.05, 3.63) is 23.8 Å². The van der Waals surface area contributed by atoms with E-state index in [2.05, 4.69) is 0 Å². The van der Waals surface area contributed by atoms with Crippen molar-refractivity contribution in [2.75, 3.05) is 0 Å². The molecular formula is C27H41NO8. The molecule has 36 heavy (non-hydrogen) atoms. The van der Waals surface area contributed by atoms with Crippen molar-refractivity contribution in [2.24, 2.45) is 16.6 Å². The number of carboxylic acid groups (broad SMARTS) is 1. The van der Waals surface area contributed by atoms with Gasteiger partial charge in [-0.2, -0.15) is 0 Å². The molecule has 0 saturated heterocycles. The van der Waals surface area contributed by atoms with Crippen molar-refractivity contribution in [1.82, 2.24) is 0 Å². The summed E-state index contributed by atoms with van der Waals surface area (Å²) in [6.07, 6.45) is -0.0599. The van der Waals surface area contributed by atoms with E-state index in [-0.39, 0.29) is 48.0 Å². The summed E-state index contributed by atoms with van der Waals surface area (Å²) in [7, 11) is 0. The first-order chi connectivity index (χ1) is 16.4. The van der Waals surface area contributed by atoms with Crippen LogP contribution in [0, 0.1) is 10.8 Å². The number of hydrogen-bond acceptors (Lipinski definition) is 8. The van der Waals surface area contributed by atoms with Crippen LogP contribution < -0.4 is 15.2 Å². The van der Waals surface area contributed by atoms with Crippen molar-refractivity contribution < 1.29 is 38.5 Å². The minimum Gasteiger partial charge on any atom is -0.480 e. The Morgan fingerprint density at radius 3 is 1.83 bits per heavy atom. The highest BCUT2D eigenvalue weighted by Crippen LogP contribution is 2.36. The van der Waals surface area contributed by atoms with Gasteiger partial charge in [0.1, 0.15) is 6.04 Å². The predicted molar refractivity (Wildman–Crippen MR) is 135 cm³/mol. The molecule has 0 saturated carbocycles. The highest BCUT2D eigenvalue weighted by atomic mass is 16.6. The molecule has 0 bridgehead atoms. The van der Waals surface area contributed by atoms with Crippen LogP contribution in [0.2, 0.25) is 0 Å². The lowest BCUT2D eigenvalue weighted by Gasteiger charge is -2.25. The maximum Gasteiger partial charge on any atom is 0.321 e. The Bertz CT molecular complexity index is 942. The summed E-state index contributed by atoms with van der Waals surface area (Å²) in [6.45, 7) is 14.7. The van der Waals surface area contributed by atoms with Crippen LogP contribution in [0.5, 0.6) is 11.5 Å².